The number of nitrogen functional groups attached to an aromatic ring is 1. The number of hydrogen-bond donors (Lipinski definition) is 2. The van der Waals surface area contributed by atoms with Crippen molar-refractivity contribution in [2.75, 3.05) is 5.73 Å². The number of carbonyl (C=O) groups excluding carboxylic acids is 1. The average molecular weight is 403 g/mol. The molecule has 0 fully saturated rings. The number of hydrogen-bond acceptors (Lipinski definition) is 5. The molecule has 30 heavy (non-hydrogen) atoms. The Hall–Kier alpha value is -3.81. The topological polar surface area (TPSA) is 106 Å². The minimum atomic E-state index is -0.332. The normalized spacial score (nSPS) is 11.3. The predicted molar refractivity (Wildman–Crippen MR) is 114 cm³/mol. The van der Waals surface area contributed by atoms with Gasteiger partial charge in [-0.05, 0) is 50.6 Å². The first-order chi connectivity index (χ1) is 14.4. The van der Waals surface area contributed by atoms with E-state index in [1.807, 2.05) is 39.0 Å². The predicted octanol–water partition coefficient (Wildman–Crippen LogP) is 1.61. The van der Waals surface area contributed by atoms with Crippen LogP contribution in [0.3, 0.4) is 0 Å². The molecule has 152 valence electrons. The molecular formula is C22H23N6O2+. The standard InChI is InChI=1S/C22H22N6O2/c1-13(2)25-21(29)16-11-17-20(26-19-14(3)5-4-10-27(19)22(17)30)28(18(16)23)12-15-6-8-24-9-7-15/h4-11,13,23H,12H2,1-3H3,(H,25,29)/p+1. The Balaban J connectivity index is 2.07. The van der Waals surface area contributed by atoms with E-state index in [1.165, 1.54) is 10.5 Å². The number of anilines is 1. The summed E-state index contributed by atoms with van der Waals surface area (Å²) in [6, 6.07) is 8.88. The lowest BCUT2D eigenvalue weighted by atomic mass is 10.1. The summed E-state index contributed by atoms with van der Waals surface area (Å²) in [7, 11) is 0. The summed E-state index contributed by atoms with van der Waals surface area (Å²) in [5, 5.41) is 3.18. The number of fused-ring (bicyclic) bond motifs is 2. The van der Waals surface area contributed by atoms with E-state index >= 15 is 0 Å². The van der Waals surface area contributed by atoms with Gasteiger partial charge < -0.3 is 11.1 Å². The molecule has 0 unspecified atom stereocenters. The quantitative estimate of drug-likeness (QED) is 0.398. The molecule has 0 aromatic carbocycles. The second-order valence-corrected chi connectivity index (χ2v) is 7.55. The van der Waals surface area contributed by atoms with Gasteiger partial charge in [0.15, 0.2) is 0 Å². The van der Waals surface area contributed by atoms with Crippen molar-refractivity contribution in [2.24, 2.45) is 0 Å². The highest BCUT2D eigenvalue weighted by molar-refractivity contribution is 6.00. The zero-order valence-electron chi connectivity index (χ0n) is 17.1. The second-order valence-electron chi connectivity index (χ2n) is 7.55. The SMILES string of the molecule is Cc1cccn2c(=O)c3cc(C(=O)NC(C)C)c(N)[n+](Cc4ccncc4)c3nc12. The molecule has 0 aliphatic carbocycles. The van der Waals surface area contributed by atoms with Gasteiger partial charge in [-0.25, -0.2) is 4.57 Å². The summed E-state index contributed by atoms with van der Waals surface area (Å²) in [5.41, 5.74) is 9.22. The number of nitrogens with one attached hydrogen (secondary N) is 1. The summed E-state index contributed by atoms with van der Waals surface area (Å²) in [6.45, 7) is 5.98. The Bertz CT molecular complexity index is 1330. The molecule has 0 saturated heterocycles. The fraction of sp³-hybridized carbons (Fsp3) is 0.227. The average Bonchev–Trinajstić information content (AvgIpc) is 2.71. The van der Waals surface area contributed by atoms with E-state index in [1.54, 1.807) is 29.2 Å². The lowest BCUT2D eigenvalue weighted by molar-refractivity contribution is -0.649. The van der Waals surface area contributed by atoms with E-state index in [2.05, 4.69) is 10.3 Å². The van der Waals surface area contributed by atoms with Gasteiger partial charge in [-0.3, -0.25) is 19.0 Å². The van der Waals surface area contributed by atoms with Crippen molar-refractivity contribution in [1.29, 1.82) is 0 Å². The smallest absolute Gasteiger partial charge is 0.278 e. The van der Waals surface area contributed by atoms with Crippen molar-refractivity contribution in [3.63, 3.8) is 0 Å². The van der Waals surface area contributed by atoms with Gasteiger partial charge in [-0.1, -0.05) is 11.1 Å². The molecule has 4 heterocycles. The molecule has 0 spiro atoms. The van der Waals surface area contributed by atoms with Crippen LogP contribution in [0.5, 0.6) is 0 Å². The number of aryl methyl sites for hydroxylation is 1. The monoisotopic (exact) mass is 403 g/mol. The molecule has 3 N–H and O–H groups in total. The Kier molecular flexibility index (Phi) is 4.91. The van der Waals surface area contributed by atoms with E-state index in [9.17, 15) is 9.59 Å². The molecule has 0 bridgehead atoms. The molecule has 4 rings (SSSR count). The van der Waals surface area contributed by atoms with E-state index in [0.717, 1.165) is 11.1 Å². The van der Waals surface area contributed by atoms with Crippen molar-refractivity contribution in [2.45, 2.75) is 33.4 Å². The first kappa shape index (κ1) is 19.5. The van der Waals surface area contributed by atoms with Gasteiger partial charge in [0, 0.05) is 30.2 Å². The highest BCUT2D eigenvalue weighted by Crippen LogP contribution is 2.17. The second kappa shape index (κ2) is 7.55. The molecule has 0 saturated carbocycles. The number of nitrogens with zero attached hydrogens (tertiary/aromatic N) is 4. The number of nitrogens with two attached hydrogens (primary N) is 1. The van der Waals surface area contributed by atoms with Crippen molar-refractivity contribution in [3.8, 4) is 0 Å². The van der Waals surface area contributed by atoms with Gasteiger partial charge in [0.1, 0.15) is 10.9 Å². The number of amides is 1. The fourth-order valence-corrected chi connectivity index (χ4v) is 3.46. The maximum absolute atomic E-state index is 13.3. The van der Waals surface area contributed by atoms with Gasteiger partial charge in [0.05, 0.1) is 6.54 Å². The summed E-state index contributed by atoms with van der Waals surface area (Å²) >= 11 is 0. The zero-order valence-corrected chi connectivity index (χ0v) is 17.1. The van der Waals surface area contributed by atoms with E-state index in [0.29, 0.717) is 23.2 Å². The van der Waals surface area contributed by atoms with Crippen LogP contribution in [-0.2, 0) is 6.54 Å². The molecule has 8 nitrogen and oxygen atoms in total. The molecule has 0 aliphatic rings. The minimum Gasteiger partial charge on any atom is -0.350 e. The van der Waals surface area contributed by atoms with Crippen molar-refractivity contribution in [3.05, 3.63) is 76.0 Å². The Morgan fingerprint density at radius 3 is 2.70 bits per heavy atom. The van der Waals surface area contributed by atoms with Crippen LogP contribution in [0.1, 0.15) is 35.3 Å². The summed E-state index contributed by atoms with van der Waals surface area (Å²) in [6.07, 6.45) is 5.05. The van der Waals surface area contributed by atoms with Gasteiger partial charge in [-0.15, -0.1) is 0 Å². The van der Waals surface area contributed by atoms with Crippen LogP contribution in [0.4, 0.5) is 5.82 Å². The van der Waals surface area contributed by atoms with Gasteiger partial charge in [0.25, 0.3) is 17.1 Å². The molecule has 0 atom stereocenters. The molecule has 4 aromatic heterocycles. The molecule has 8 heteroatoms. The highest BCUT2D eigenvalue weighted by atomic mass is 16.2. The third-order valence-electron chi connectivity index (χ3n) is 4.93. The summed E-state index contributed by atoms with van der Waals surface area (Å²) < 4.78 is 3.21. The maximum Gasteiger partial charge on any atom is 0.278 e. The van der Waals surface area contributed by atoms with Crippen LogP contribution < -0.4 is 21.2 Å². The third-order valence-corrected chi connectivity index (χ3v) is 4.93. The lowest BCUT2D eigenvalue weighted by Crippen LogP contribution is -2.43. The Labute approximate surface area is 173 Å². The van der Waals surface area contributed by atoms with Crippen LogP contribution in [0, 0.1) is 6.92 Å². The summed E-state index contributed by atoms with van der Waals surface area (Å²) in [4.78, 5) is 34.9. The van der Waals surface area contributed by atoms with E-state index in [4.69, 9.17) is 10.7 Å². The zero-order chi connectivity index (χ0) is 21.4. The Morgan fingerprint density at radius 2 is 2.00 bits per heavy atom. The first-order valence-electron chi connectivity index (χ1n) is 9.70. The largest absolute Gasteiger partial charge is 0.350 e. The van der Waals surface area contributed by atoms with Gasteiger partial charge >= 0.3 is 0 Å². The van der Waals surface area contributed by atoms with Crippen molar-refractivity contribution >= 4 is 28.4 Å². The fourth-order valence-electron chi connectivity index (χ4n) is 3.46. The lowest BCUT2D eigenvalue weighted by Gasteiger charge is -2.14. The number of rotatable bonds is 4. The minimum absolute atomic E-state index is 0.0697. The number of pyridine rings is 3. The molecule has 1 amide bonds. The van der Waals surface area contributed by atoms with Crippen molar-refractivity contribution < 1.29 is 9.36 Å². The number of aromatic nitrogens is 4. The molecular weight excluding hydrogens is 380 g/mol. The van der Waals surface area contributed by atoms with Crippen LogP contribution >= 0.6 is 0 Å². The van der Waals surface area contributed by atoms with Crippen LogP contribution in [-0.4, -0.2) is 26.3 Å². The van der Waals surface area contributed by atoms with Gasteiger partial charge in [-0.2, -0.15) is 0 Å². The maximum atomic E-state index is 13.3. The van der Waals surface area contributed by atoms with Crippen LogP contribution in [0.15, 0.2) is 53.7 Å². The number of carbonyl (C=O) groups is 1. The first-order valence-corrected chi connectivity index (χ1v) is 9.70. The van der Waals surface area contributed by atoms with E-state index in [-0.39, 0.29) is 28.9 Å². The molecule has 4 aromatic rings. The van der Waals surface area contributed by atoms with Gasteiger partial charge in [0.2, 0.25) is 11.5 Å². The summed E-state index contributed by atoms with van der Waals surface area (Å²) in [5.74, 6) is -0.0797. The molecule has 0 radical (unpaired) electrons. The van der Waals surface area contributed by atoms with E-state index < -0.39 is 0 Å². The molecule has 0 aliphatic heterocycles. The Morgan fingerprint density at radius 1 is 1.27 bits per heavy atom. The third kappa shape index (κ3) is 3.36. The van der Waals surface area contributed by atoms with Crippen molar-refractivity contribution in [1.82, 2.24) is 19.7 Å². The highest BCUT2D eigenvalue weighted by Gasteiger charge is 2.25. The van der Waals surface area contributed by atoms with Crippen LogP contribution in [0.25, 0.3) is 16.7 Å². The van der Waals surface area contributed by atoms with Crippen LogP contribution in [0.2, 0.25) is 0 Å².